The minimum atomic E-state index is -3.40. The molecule has 0 aliphatic rings. The van der Waals surface area contributed by atoms with Gasteiger partial charge in [0.15, 0.2) is 0 Å². The number of nitrogens with one attached hydrogen (secondary N) is 1. The van der Waals surface area contributed by atoms with Crippen LogP contribution in [0.3, 0.4) is 0 Å². The second-order valence-corrected chi connectivity index (χ2v) is 4.94. The third-order valence-electron chi connectivity index (χ3n) is 1.75. The van der Waals surface area contributed by atoms with Crippen molar-refractivity contribution in [1.29, 1.82) is 0 Å². The topological polar surface area (TPSA) is 94.3 Å². The number of nitrogens with zero attached hydrogens (tertiary/aromatic N) is 1. The van der Waals surface area contributed by atoms with E-state index in [-0.39, 0.29) is 18.2 Å². The number of pyridine rings is 1. The molecule has 0 aliphatic heterocycles. The average molecular weight is 245 g/mol. The molecule has 3 N–H and O–H groups in total. The molecule has 0 aromatic carbocycles. The summed E-state index contributed by atoms with van der Waals surface area (Å²) >= 11 is 0. The number of nitrogens with two attached hydrogens (primary N) is 1. The Morgan fingerprint density at radius 3 is 2.81 bits per heavy atom. The number of ether oxygens (including phenoxy) is 1. The van der Waals surface area contributed by atoms with Crippen LogP contribution in [0.2, 0.25) is 0 Å². The maximum Gasteiger partial charge on any atom is 0.236 e. The van der Waals surface area contributed by atoms with Crippen LogP contribution in [0.4, 0.5) is 11.5 Å². The molecular formula is C9H15N3O3S. The first-order valence-electron chi connectivity index (χ1n) is 4.83. The van der Waals surface area contributed by atoms with E-state index < -0.39 is 10.0 Å². The zero-order chi connectivity index (χ0) is 12.0. The molecule has 0 unspecified atom stereocenters. The van der Waals surface area contributed by atoms with E-state index in [1.807, 2.05) is 6.92 Å². The fourth-order valence-electron chi connectivity index (χ4n) is 0.989. The number of rotatable bonds is 6. The van der Waals surface area contributed by atoms with Crippen molar-refractivity contribution in [2.24, 2.45) is 0 Å². The normalized spacial score (nSPS) is 11.3. The lowest BCUT2D eigenvalue weighted by Gasteiger charge is -2.07. The molecular weight excluding hydrogens is 230 g/mol. The SMILES string of the molecule is CCOCCS(=O)(=O)Nc1ccc(N)cn1. The summed E-state index contributed by atoms with van der Waals surface area (Å²) in [5, 5.41) is 0. The molecule has 0 saturated heterocycles. The highest BCUT2D eigenvalue weighted by atomic mass is 32.2. The number of hydrogen-bond acceptors (Lipinski definition) is 5. The molecule has 1 heterocycles. The van der Waals surface area contributed by atoms with Gasteiger partial charge in [-0.1, -0.05) is 0 Å². The van der Waals surface area contributed by atoms with Crippen LogP contribution in [-0.4, -0.2) is 32.4 Å². The number of anilines is 2. The van der Waals surface area contributed by atoms with Crippen molar-refractivity contribution in [1.82, 2.24) is 4.98 Å². The highest BCUT2D eigenvalue weighted by Gasteiger charge is 2.10. The summed E-state index contributed by atoms with van der Waals surface area (Å²) in [7, 11) is -3.40. The van der Waals surface area contributed by atoms with Crippen molar-refractivity contribution < 1.29 is 13.2 Å². The fourth-order valence-corrected chi connectivity index (χ4v) is 1.87. The van der Waals surface area contributed by atoms with Crippen molar-refractivity contribution in [2.45, 2.75) is 6.92 Å². The summed E-state index contributed by atoms with van der Waals surface area (Å²) < 4.78 is 30.3. The lowest BCUT2D eigenvalue weighted by Crippen LogP contribution is -2.20. The van der Waals surface area contributed by atoms with Crippen molar-refractivity contribution in [3.8, 4) is 0 Å². The van der Waals surface area contributed by atoms with Gasteiger partial charge < -0.3 is 10.5 Å². The highest BCUT2D eigenvalue weighted by molar-refractivity contribution is 7.92. The third kappa shape index (κ3) is 4.45. The van der Waals surface area contributed by atoms with E-state index in [2.05, 4.69) is 9.71 Å². The quantitative estimate of drug-likeness (QED) is 0.709. The Morgan fingerprint density at radius 2 is 2.25 bits per heavy atom. The molecule has 0 radical (unpaired) electrons. The van der Waals surface area contributed by atoms with Gasteiger partial charge in [0.1, 0.15) is 5.82 Å². The van der Waals surface area contributed by atoms with Crippen molar-refractivity contribution >= 4 is 21.5 Å². The molecule has 90 valence electrons. The molecule has 0 aliphatic carbocycles. The molecule has 6 nitrogen and oxygen atoms in total. The van der Waals surface area contributed by atoms with Crippen molar-refractivity contribution in [2.75, 3.05) is 29.4 Å². The van der Waals surface area contributed by atoms with Gasteiger partial charge in [0.05, 0.1) is 24.2 Å². The lowest BCUT2D eigenvalue weighted by molar-refractivity contribution is 0.163. The van der Waals surface area contributed by atoms with Gasteiger partial charge >= 0.3 is 0 Å². The summed E-state index contributed by atoms with van der Waals surface area (Å²) in [5.74, 6) is 0.165. The first-order chi connectivity index (χ1) is 7.53. The van der Waals surface area contributed by atoms with Gasteiger partial charge in [-0.2, -0.15) is 0 Å². The molecule has 16 heavy (non-hydrogen) atoms. The second kappa shape index (κ2) is 5.66. The first-order valence-corrected chi connectivity index (χ1v) is 6.48. The Morgan fingerprint density at radius 1 is 1.50 bits per heavy atom. The van der Waals surface area contributed by atoms with Crippen molar-refractivity contribution in [3.63, 3.8) is 0 Å². The Labute approximate surface area is 94.9 Å². The predicted molar refractivity (Wildman–Crippen MR) is 62.6 cm³/mol. The summed E-state index contributed by atoms with van der Waals surface area (Å²) in [6, 6.07) is 3.08. The van der Waals surface area contributed by atoms with Crippen LogP contribution in [0.1, 0.15) is 6.92 Å². The van der Waals surface area contributed by atoms with Crippen LogP contribution < -0.4 is 10.5 Å². The van der Waals surface area contributed by atoms with E-state index >= 15 is 0 Å². The average Bonchev–Trinajstić information content (AvgIpc) is 2.21. The van der Waals surface area contributed by atoms with Crippen LogP contribution in [0.25, 0.3) is 0 Å². The molecule has 0 bridgehead atoms. The van der Waals surface area contributed by atoms with E-state index in [0.717, 1.165) is 0 Å². The summed E-state index contributed by atoms with van der Waals surface area (Å²) in [4.78, 5) is 3.84. The van der Waals surface area contributed by atoms with Gasteiger partial charge in [0.25, 0.3) is 0 Å². The van der Waals surface area contributed by atoms with Gasteiger partial charge in [-0.3, -0.25) is 4.72 Å². The summed E-state index contributed by atoms with van der Waals surface area (Å²) in [6.45, 7) is 2.47. The smallest absolute Gasteiger partial charge is 0.236 e. The molecule has 0 atom stereocenters. The monoisotopic (exact) mass is 245 g/mol. The van der Waals surface area contributed by atoms with Crippen LogP contribution in [-0.2, 0) is 14.8 Å². The number of aromatic nitrogens is 1. The molecule has 0 spiro atoms. The van der Waals surface area contributed by atoms with Crippen molar-refractivity contribution in [3.05, 3.63) is 18.3 Å². The minimum absolute atomic E-state index is 0.0904. The summed E-state index contributed by atoms with van der Waals surface area (Å²) in [5.41, 5.74) is 5.91. The third-order valence-corrected chi connectivity index (χ3v) is 2.97. The maximum absolute atomic E-state index is 11.5. The van der Waals surface area contributed by atoms with Crippen LogP contribution in [0, 0.1) is 0 Å². The van der Waals surface area contributed by atoms with E-state index in [1.165, 1.54) is 12.3 Å². The standard InChI is InChI=1S/C9H15N3O3S/c1-2-15-5-6-16(13,14)12-9-4-3-8(10)7-11-9/h3-4,7H,2,5-6,10H2,1H3,(H,11,12). The Bertz CT molecular complexity index is 416. The Kier molecular flexibility index (Phi) is 4.51. The van der Waals surface area contributed by atoms with Gasteiger partial charge in [-0.15, -0.1) is 0 Å². The van der Waals surface area contributed by atoms with Gasteiger partial charge in [0, 0.05) is 6.61 Å². The molecule has 0 saturated carbocycles. The molecule has 7 heteroatoms. The molecule has 0 amide bonds. The molecule has 1 aromatic heterocycles. The predicted octanol–water partition coefficient (Wildman–Crippen LogP) is 0.442. The van der Waals surface area contributed by atoms with Crippen LogP contribution in [0.5, 0.6) is 0 Å². The second-order valence-electron chi connectivity index (χ2n) is 3.09. The fraction of sp³-hybridized carbons (Fsp3) is 0.444. The van der Waals surface area contributed by atoms with Gasteiger partial charge in [-0.05, 0) is 19.1 Å². The van der Waals surface area contributed by atoms with E-state index in [4.69, 9.17) is 10.5 Å². The minimum Gasteiger partial charge on any atom is -0.397 e. The first kappa shape index (κ1) is 12.7. The molecule has 1 rings (SSSR count). The molecule has 1 aromatic rings. The van der Waals surface area contributed by atoms with Crippen LogP contribution in [0.15, 0.2) is 18.3 Å². The zero-order valence-corrected chi connectivity index (χ0v) is 9.83. The van der Waals surface area contributed by atoms with Gasteiger partial charge in [-0.25, -0.2) is 13.4 Å². The Balaban J connectivity index is 2.55. The van der Waals surface area contributed by atoms with Gasteiger partial charge in [0.2, 0.25) is 10.0 Å². The zero-order valence-electron chi connectivity index (χ0n) is 9.01. The number of hydrogen-bond donors (Lipinski definition) is 2. The highest BCUT2D eigenvalue weighted by Crippen LogP contribution is 2.07. The Hall–Kier alpha value is -1.34. The number of nitrogen functional groups attached to an aromatic ring is 1. The summed E-state index contributed by atoms with van der Waals surface area (Å²) in [6.07, 6.45) is 1.39. The molecule has 0 fully saturated rings. The van der Waals surface area contributed by atoms with E-state index in [1.54, 1.807) is 6.07 Å². The van der Waals surface area contributed by atoms with E-state index in [0.29, 0.717) is 12.3 Å². The van der Waals surface area contributed by atoms with E-state index in [9.17, 15) is 8.42 Å². The largest absolute Gasteiger partial charge is 0.397 e. The maximum atomic E-state index is 11.5. The number of sulfonamides is 1. The van der Waals surface area contributed by atoms with Crippen LogP contribution >= 0.6 is 0 Å². The lowest BCUT2D eigenvalue weighted by atomic mass is 10.4.